The minimum Gasteiger partial charge on any atom is -0.394 e. The second-order valence-corrected chi connectivity index (χ2v) is 17.7. The Morgan fingerprint density at radius 2 is 0.529 bits per heavy atom. The number of ether oxygens (including phenoxy) is 13. The monoisotopic (exact) mass is 1030 g/mol. The van der Waals surface area contributed by atoms with Gasteiger partial charge in [-0.1, -0.05) is 0 Å². The van der Waals surface area contributed by atoms with Gasteiger partial charge in [0.05, 0.1) is 46.2 Å². The van der Waals surface area contributed by atoms with Gasteiger partial charge in [-0.2, -0.15) is 0 Å². The van der Waals surface area contributed by atoms with E-state index in [1.807, 2.05) is 0 Å². The maximum Gasteiger partial charge on any atom is 0.187 e. The maximum atomic E-state index is 11.3. The third-order valence-electron chi connectivity index (χ3n) is 13.1. The lowest BCUT2D eigenvalue weighted by Crippen LogP contribution is -2.67. The Hall–Kier alpha value is -1.28. The normalized spacial score (nSPS) is 53.3. The molecule has 0 radical (unpaired) electrons. The van der Waals surface area contributed by atoms with E-state index in [0.29, 0.717) is 0 Å². The van der Waals surface area contributed by atoms with Crippen LogP contribution in [-0.4, -0.2) is 334 Å². The summed E-state index contributed by atoms with van der Waals surface area (Å²) in [5, 5.41) is 198. The molecule has 0 amide bonds. The van der Waals surface area contributed by atoms with E-state index in [1.54, 1.807) is 0 Å². The Kier molecular flexibility index (Phi) is 19.5. The summed E-state index contributed by atoms with van der Waals surface area (Å²) in [6, 6.07) is 0. The molecule has 7 saturated heterocycles. The van der Waals surface area contributed by atoms with Crippen molar-refractivity contribution in [2.45, 2.75) is 191 Å². The third-order valence-corrected chi connectivity index (χ3v) is 13.1. The summed E-state index contributed by atoms with van der Waals surface area (Å²) in [7, 11) is 0. The highest BCUT2D eigenvalue weighted by molar-refractivity contribution is 4.98. The molecule has 7 rings (SSSR count). The lowest BCUT2D eigenvalue weighted by Gasteiger charge is -2.48. The van der Waals surface area contributed by atoms with Crippen LogP contribution in [0.15, 0.2) is 0 Å². The van der Waals surface area contributed by atoms with Crippen LogP contribution in [0.2, 0.25) is 0 Å². The zero-order valence-corrected chi connectivity index (χ0v) is 36.7. The van der Waals surface area contributed by atoms with Crippen LogP contribution < -0.4 is 0 Å². The second kappa shape index (κ2) is 24.2. The zero-order valence-electron chi connectivity index (χ0n) is 36.7. The van der Waals surface area contributed by atoms with Crippen LogP contribution in [0, 0.1) is 0 Å². The molecule has 0 aromatic rings. The second-order valence-electron chi connectivity index (χ2n) is 17.7. The summed E-state index contributed by atoms with van der Waals surface area (Å²) >= 11 is 0. The molecule has 0 saturated carbocycles. The number of aliphatic hydroxyl groups is 19. The lowest BCUT2D eigenvalue weighted by molar-refractivity contribution is -0.394. The molecule has 7 fully saturated rings. The van der Waals surface area contributed by atoms with Crippen LogP contribution >= 0.6 is 0 Å². The molecule has 7 heterocycles. The predicted molar refractivity (Wildman–Crippen MR) is 208 cm³/mol. The maximum absolute atomic E-state index is 11.3. The highest BCUT2D eigenvalue weighted by Crippen LogP contribution is 2.36. The van der Waals surface area contributed by atoms with Crippen LogP contribution in [0.4, 0.5) is 0 Å². The summed E-state index contributed by atoms with van der Waals surface area (Å²) < 4.78 is 72.7. The molecule has 0 spiro atoms. The minimum atomic E-state index is -2.06. The van der Waals surface area contributed by atoms with Gasteiger partial charge in [0.15, 0.2) is 44.0 Å². The van der Waals surface area contributed by atoms with Crippen molar-refractivity contribution in [2.75, 3.05) is 46.2 Å². The largest absolute Gasteiger partial charge is 0.394 e. The molecule has 19 N–H and O–H groups in total. The van der Waals surface area contributed by atoms with Crippen LogP contribution in [-0.2, 0) is 61.6 Å². The topological polar surface area (TPSA) is 504 Å². The van der Waals surface area contributed by atoms with Crippen molar-refractivity contribution in [3.05, 3.63) is 0 Å². The van der Waals surface area contributed by atoms with Gasteiger partial charge in [0.2, 0.25) is 0 Å². The molecule has 0 aromatic carbocycles. The SMILES string of the molecule is OC[C@H]1O[C@H](O[C@@H]2[C@@H](O[C@@H]3[C@@H](OC[C@H]4O[C@@H](O[C@@H]5[C@@H](OC[C@H]6O[C@H](OC[C@H]7OC(O)[C@@H](O)[C@@H]7O)[C@@H](O)[C@@H]6O)O[C@H](CO)[C@H]5O)[C@@H](O)[C@@H]4O)O[C@H](CO)[C@@H](O)[C@@H]3O)O[C@H](CO)[C@@H](O)[C@@H]2O)[C@@H](O)[C@@H](O)[C@@H]1O. The highest BCUT2D eigenvalue weighted by Gasteiger charge is 2.56. The number of hydrogen-bond acceptors (Lipinski definition) is 32. The van der Waals surface area contributed by atoms with Crippen LogP contribution in [0.3, 0.4) is 0 Å². The molecule has 408 valence electrons. The number of aliphatic hydroxyl groups excluding tert-OH is 19. The number of rotatable bonds is 19. The average Bonchev–Trinajstić information content (AvgIpc) is 3.99. The molecule has 1 unspecified atom stereocenters. The summed E-state index contributed by atoms with van der Waals surface area (Å²) in [6.45, 7) is -5.37. The van der Waals surface area contributed by atoms with Gasteiger partial charge in [0.1, 0.15) is 146 Å². The Balaban J connectivity index is 0.988. The van der Waals surface area contributed by atoms with Crippen molar-refractivity contribution in [2.24, 2.45) is 0 Å². The van der Waals surface area contributed by atoms with E-state index < -0.39 is 237 Å². The van der Waals surface area contributed by atoms with Gasteiger partial charge in [0, 0.05) is 0 Å². The first-order chi connectivity index (χ1) is 33.2. The van der Waals surface area contributed by atoms with Crippen LogP contribution in [0.25, 0.3) is 0 Å². The average molecular weight is 1030 g/mol. The zero-order chi connectivity index (χ0) is 51.0. The van der Waals surface area contributed by atoms with E-state index in [2.05, 4.69) is 0 Å². The van der Waals surface area contributed by atoms with Crippen molar-refractivity contribution >= 4 is 0 Å². The van der Waals surface area contributed by atoms with Crippen molar-refractivity contribution in [3.63, 3.8) is 0 Å². The predicted octanol–water partition coefficient (Wildman–Crippen LogP) is -13.7. The van der Waals surface area contributed by atoms with Gasteiger partial charge < -0.3 is 159 Å². The third kappa shape index (κ3) is 11.6. The van der Waals surface area contributed by atoms with E-state index >= 15 is 0 Å². The van der Waals surface area contributed by atoms with Crippen LogP contribution in [0.5, 0.6) is 0 Å². The molecule has 31 atom stereocenters. The van der Waals surface area contributed by atoms with Crippen molar-refractivity contribution in [3.8, 4) is 0 Å². The smallest absolute Gasteiger partial charge is 0.187 e. The lowest BCUT2D eigenvalue weighted by atomic mass is 9.96. The molecule has 0 aliphatic carbocycles. The van der Waals surface area contributed by atoms with Crippen LogP contribution in [0.1, 0.15) is 0 Å². The number of hydrogen-bond donors (Lipinski definition) is 19. The van der Waals surface area contributed by atoms with Crippen molar-refractivity contribution < 1.29 is 159 Å². The highest BCUT2D eigenvalue weighted by atomic mass is 16.8. The molecule has 7 aliphatic rings. The van der Waals surface area contributed by atoms with E-state index in [0.717, 1.165) is 0 Å². The van der Waals surface area contributed by atoms with Gasteiger partial charge >= 0.3 is 0 Å². The summed E-state index contributed by atoms with van der Waals surface area (Å²) in [6.07, 6.45) is -53.8. The van der Waals surface area contributed by atoms with Gasteiger partial charge in [-0.15, -0.1) is 0 Å². The van der Waals surface area contributed by atoms with E-state index in [9.17, 15) is 97.0 Å². The standard InChI is InChI=1S/C38H64O32/c39-1-8-15(43)22(50)28(56)35(62-8)69-31-24(52)17(45)10(3-41)65-38(31)70-30-23(51)16(44)9(2-40)63-37(30)60-7-14-20(48)27(55)34(67-14)68-29-21(49)11(4-42)64-36(29)59-6-13-19(47)26(54)33(66-13)58-5-12-18(46)25(53)32(57)61-12/h8-57H,1-7H2/t8-,9-,10-,11-,12-,13-,14-,15-,16-,17-,18-,19-,20-,21-,22+,23+,24+,25+,26+,27+,28+,29+,30+,31+,32?,33+,34+,35-,36+,37+,38-/m1/s1. The first-order valence-corrected chi connectivity index (χ1v) is 22.3. The Morgan fingerprint density at radius 1 is 0.243 bits per heavy atom. The Labute approximate surface area is 395 Å². The minimum absolute atomic E-state index is 0.494. The molecular formula is C38H64O32. The Morgan fingerprint density at radius 3 is 0.986 bits per heavy atom. The first kappa shape index (κ1) is 56.4. The van der Waals surface area contributed by atoms with Gasteiger partial charge in [-0.25, -0.2) is 0 Å². The van der Waals surface area contributed by atoms with Crippen molar-refractivity contribution in [1.82, 2.24) is 0 Å². The summed E-state index contributed by atoms with van der Waals surface area (Å²) in [4.78, 5) is 0. The van der Waals surface area contributed by atoms with Gasteiger partial charge in [-0.3, -0.25) is 0 Å². The van der Waals surface area contributed by atoms with Crippen molar-refractivity contribution in [1.29, 1.82) is 0 Å². The fourth-order valence-corrected chi connectivity index (χ4v) is 8.81. The van der Waals surface area contributed by atoms with Gasteiger partial charge in [-0.05, 0) is 0 Å². The fourth-order valence-electron chi connectivity index (χ4n) is 8.81. The summed E-state index contributed by atoms with van der Waals surface area (Å²) in [5.41, 5.74) is 0. The fraction of sp³-hybridized carbons (Fsp3) is 1.00. The quantitative estimate of drug-likeness (QED) is 0.0571. The Bertz CT molecular complexity index is 1610. The van der Waals surface area contributed by atoms with E-state index in [4.69, 9.17) is 61.6 Å². The molecule has 70 heavy (non-hydrogen) atoms. The molecule has 32 heteroatoms. The van der Waals surface area contributed by atoms with E-state index in [-0.39, 0.29) is 0 Å². The molecule has 0 aromatic heterocycles. The molecule has 32 nitrogen and oxygen atoms in total. The summed E-state index contributed by atoms with van der Waals surface area (Å²) in [5.74, 6) is 0. The van der Waals surface area contributed by atoms with Gasteiger partial charge in [0.25, 0.3) is 0 Å². The molecule has 0 bridgehead atoms. The first-order valence-electron chi connectivity index (χ1n) is 22.3. The molecular weight excluding hydrogens is 968 g/mol. The van der Waals surface area contributed by atoms with E-state index in [1.165, 1.54) is 0 Å². The molecule has 7 aliphatic heterocycles.